The highest BCUT2D eigenvalue weighted by molar-refractivity contribution is 5.88. The van der Waals surface area contributed by atoms with Gasteiger partial charge in [0.25, 0.3) is 0 Å². The molecule has 0 radical (unpaired) electrons. The van der Waals surface area contributed by atoms with Gasteiger partial charge >= 0.3 is 0 Å². The molecule has 4 nitrogen and oxygen atoms in total. The predicted octanol–water partition coefficient (Wildman–Crippen LogP) is 0.409. The van der Waals surface area contributed by atoms with Gasteiger partial charge in [0.1, 0.15) is 0 Å². The van der Waals surface area contributed by atoms with Gasteiger partial charge < -0.3 is 15.8 Å². The van der Waals surface area contributed by atoms with E-state index in [4.69, 9.17) is 10.5 Å². The summed E-state index contributed by atoms with van der Waals surface area (Å²) in [5, 5.41) is 2.96. The minimum absolute atomic E-state index is 0.0293. The van der Waals surface area contributed by atoms with Crippen LogP contribution in [0.25, 0.3) is 0 Å². The van der Waals surface area contributed by atoms with Gasteiger partial charge in [0.15, 0.2) is 0 Å². The average molecular weight is 212 g/mol. The van der Waals surface area contributed by atoms with Gasteiger partial charge in [-0.3, -0.25) is 4.79 Å². The molecule has 4 heteroatoms. The molecule has 1 aliphatic carbocycles. The fraction of sp³-hybridized carbons (Fsp3) is 0.909. The number of carbonyl (C=O) groups excluding carboxylic acids is 1. The van der Waals surface area contributed by atoms with Crippen LogP contribution in [0.15, 0.2) is 0 Å². The van der Waals surface area contributed by atoms with Crippen molar-refractivity contribution in [3.8, 4) is 0 Å². The van der Waals surface area contributed by atoms with Gasteiger partial charge in [-0.1, -0.05) is 0 Å². The van der Waals surface area contributed by atoms with Crippen molar-refractivity contribution in [2.24, 2.45) is 11.7 Å². The number of carbonyl (C=O) groups is 1. The minimum Gasteiger partial charge on any atom is -0.378 e. The van der Waals surface area contributed by atoms with Gasteiger partial charge in [-0.2, -0.15) is 0 Å². The molecule has 1 saturated carbocycles. The molecule has 2 fully saturated rings. The molecule has 86 valence electrons. The summed E-state index contributed by atoms with van der Waals surface area (Å²) in [6.45, 7) is 3.65. The SMILES string of the molecule is CC1CC(CNC(=O)C2(N)CC2)CCO1. The van der Waals surface area contributed by atoms with Crippen molar-refractivity contribution >= 4 is 5.91 Å². The Kier molecular flexibility index (Phi) is 2.98. The topological polar surface area (TPSA) is 64.4 Å². The van der Waals surface area contributed by atoms with E-state index in [0.717, 1.165) is 38.8 Å². The summed E-state index contributed by atoms with van der Waals surface area (Å²) in [6.07, 6.45) is 4.08. The molecular weight excluding hydrogens is 192 g/mol. The van der Waals surface area contributed by atoms with Crippen LogP contribution in [0.3, 0.4) is 0 Å². The van der Waals surface area contributed by atoms with E-state index < -0.39 is 5.54 Å². The summed E-state index contributed by atoms with van der Waals surface area (Å²) in [5.41, 5.74) is 5.27. The zero-order chi connectivity index (χ0) is 10.9. The fourth-order valence-corrected chi connectivity index (χ4v) is 2.05. The van der Waals surface area contributed by atoms with Gasteiger partial charge in [0, 0.05) is 13.2 Å². The first-order valence-electron chi connectivity index (χ1n) is 5.79. The Hall–Kier alpha value is -0.610. The molecule has 0 aromatic heterocycles. The van der Waals surface area contributed by atoms with Crippen LogP contribution in [0.1, 0.15) is 32.6 Å². The van der Waals surface area contributed by atoms with E-state index in [1.165, 1.54) is 0 Å². The van der Waals surface area contributed by atoms with Crippen molar-refractivity contribution in [3.05, 3.63) is 0 Å². The Bertz CT molecular complexity index is 251. The molecule has 2 unspecified atom stereocenters. The number of nitrogens with one attached hydrogen (secondary N) is 1. The second-order valence-electron chi connectivity index (χ2n) is 4.94. The van der Waals surface area contributed by atoms with Gasteiger partial charge in [-0.15, -0.1) is 0 Å². The standard InChI is InChI=1S/C11H20N2O2/c1-8-6-9(2-5-15-8)7-13-10(14)11(12)3-4-11/h8-9H,2-7,12H2,1H3,(H,13,14). The van der Waals surface area contributed by atoms with Crippen molar-refractivity contribution < 1.29 is 9.53 Å². The molecule has 2 rings (SSSR count). The van der Waals surface area contributed by atoms with E-state index in [-0.39, 0.29) is 5.91 Å². The lowest BCUT2D eigenvalue weighted by Crippen LogP contribution is -2.45. The maximum absolute atomic E-state index is 11.6. The number of hydrogen-bond acceptors (Lipinski definition) is 3. The summed E-state index contributed by atoms with van der Waals surface area (Å²) in [6, 6.07) is 0. The quantitative estimate of drug-likeness (QED) is 0.712. The van der Waals surface area contributed by atoms with Crippen molar-refractivity contribution in [3.63, 3.8) is 0 Å². The van der Waals surface area contributed by atoms with Crippen molar-refractivity contribution in [1.29, 1.82) is 0 Å². The van der Waals surface area contributed by atoms with E-state index in [1.54, 1.807) is 0 Å². The molecule has 0 bridgehead atoms. The van der Waals surface area contributed by atoms with Crippen LogP contribution in [0.5, 0.6) is 0 Å². The van der Waals surface area contributed by atoms with Gasteiger partial charge in [0.2, 0.25) is 5.91 Å². The van der Waals surface area contributed by atoms with Crippen LogP contribution < -0.4 is 11.1 Å². The molecule has 1 heterocycles. The summed E-state index contributed by atoms with van der Waals surface area (Å²) in [4.78, 5) is 11.6. The monoisotopic (exact) mass is 212 g/mol. The summed E-state index contributed by atoms with van der Waals surface area (Å²) < 4.78 is 5.46. The maximum Gasteiger partial charge on any atom is 0.240 e. The summed E-state index contributed by atoms with van der Waals surface area (Å²) >= 11 is 0. The van der Waals surface area contributed by atoms with Crippen LogP contribution in [-0.2, 0) is 9.53 Å². The Labute approximate surface area is 90.5 Å². The molecular formula is C11H20N2O2. The lowest BCUT2D eigenvalue weighted by molar-refractivity contribution is -0.123. The molecule has 0 aromatic rings. The first-order valence-corrected chi connectivity index (χ1v) is 5.79. The van der Waals surface area contributed by atoms with E-state index >= 15 is 0 Å². The molecule has 3 N–H and O–H groups in total. The third-order valence-corrected chi connectivity index (χ3v) is 3.39. The Balaban J connectivity index is 1.71. The Morgan fingerprint density at radius 2 is 2.33 bits per heavy atom. The highest BCUT2D eigenvalue weighted by Gasteiger charge is 2.45. The zero-order valence-corrected chi connectivity index (χ0v) is 9.29. The molecule has 1 aliphatic heterocycles. The Morgan fingerprint density at radius 1 is 1.60 bits per heavy atom. The normalized spacial score (nSPS) is 33.5. The molecule has 2 atom stereocenters. The van der Waals surface area contributed by atoms with E-state index in [1.807, 2.05) is 0 Å². The largest absolute Gasteiger partial charge is 0.378 e. The first kappa shape index (κ1) is 10.9. The molecule has 1 amide bonds. The summed E-state index contributed by atoms with van der Waals surface area (Å²) in [7, 11) is 0. The maximum atomic E-state index is 11.6. The number of ether oxygens (including phenoxy) is 1. The van der Waals surface area contributed by atoms with Gasteiger partial charge in [-0.05, 0) is 38.5 Å². The second kappa shape index (κ2) is 4.10. The molecule has 0 spiro atoms. The highest BCUT2D eigenvalue weighted by atomic mass is 16.5. The molecule has 2 aliphatic rings. The van der Waals surface area contributed by atoms with E-state index in [0.29, 0.717) is 12.0 Å². The minimum atomic E-state index is -0.531. The van der Waals surface area contributed by atoms with Crippen molar-refractivity contribution in [2.75, 3.05) is 13.2 Å². The zero-order valence-electron chi connectivity index (χ0n) is 9.29. The lowest BCUT2D eigenvalue weighted by atomic mass is 9.96. The van der Waals surface area contributed by atoms with Gasteiger partial charge in [0.05, 0.1) is 11.6 Å². The lowest BCUT2D eigenvalue weighted by Gasteiger charge is -2.27. The number of amides is 1. The highest BCUT2D eigenvalue weighted by Crippen LogP contribution is 2.32. The summed E-state index contributed by atoms with van der Waals surface area (Å²) in [5.74, 6) is 0.585. The number of nitrogens with two attached hydrogens (primary N) is 1. The van der Waals surface area contributed by atoms with Crippen LogP contribution in [0.2, 0.25) is 0 Å². The van der Waals surface area contributed by atoms with E-state index in [9.17, 15) is 4.79 Å². The molecule has 1 saturated heterocycles. The fourth-order valence-electron chi connectivity index (χ4n) is 2.05. The second-order valence-corrected chi connectivity index (χ2v) is 4.94. The van der Waals surface area contributed by atoms with E-state index in [2.05, 4.69) is 12.2 Å². The first-order chi connectivity index (χ1) is 7.10. The van der Waals surface area contributed by atoms with Crippen LogP contribution in [0.4, 0.5) is 0 Å². The van der Waals surface area contributed by atoms with Crippen LogP contribution in [0, 0.1) is 5.92 Å². The Morgan fingerprint density at radius 3 is 2.93 bits per heavy atom. The molecule has 0 aromatic carbocycles. The number of hydrogen-bond donors (Lipinski definition) is 2. The van der Waals surface area contributed by atoms with Crippen LogP contribution >= 0.6 is 0 Å². The third-order valence-electron chi connectivity index (χ3n) is 3.39. The molecule has 15 heavy (non-hydrogen) atoms. The third kappa shape index (κ3) is 2.69. The predicted molar refractivity (Wildman–Crippen MR) is 57.3 cm³/mol. The number of rotatable bonds is 3. The van der Waals surface area contributed by atoms with Gasteiger partial charge in [-0.25, -0.2) is 0 Å². The smallest absolute Gasteiger partial charge is 0.240 e. The van der Waals surface area contributed by atoms with Crippen molar-refractivity contribution in [2.45, 2.75) is 44.2 Å². The van der Waals surface area contributed by atoms with Crippen molar-refractivity contribution in [1.82, 2.24) is 5.32 Å². The van der Waals surface area contributed by atoms with Crippen LogP contribution in [-0.4, -0.2) is 30.7 Å². The average Bonchev–Trinajstić information content (AvgIpc) is 2.94.